The van der Waals surface area contributed by atoms with Gasteiger partial charge in [-0.2, -0.15) is 0 Å². The van der Waals surface area contributed by atoms with E-state index in [0.717, 1.165) is 5.56 Å². The summed E-state index contributed by atoms with van der Waals surface area (Å²) >= 11 is 0. The van der Waals surface area contributed by atoms with Crippen LogP contribution < -0.4 is 5.14 Å². The van der Waals surface area contributed by atoms with E-state index < -0.39 is 11.0 Å². The van der Waals surface area contributed by atoms with Gasteiger partial charge in [-0.05, 0) is 12.5 Å². The van der Waals surface area contributed by atoms with Crippen LogP contribution in [0.2, 0.25) is 0 Å². The molecule has 0 unspecified atom stereocenters. The molecule has 3 heteroatoms. The zero-order valence-corrected chi connectivity index (χ0v) is 7.17. The van der Waals surface area contributed by atoms with Gasteiger partial charge in [0.15, 0.2) is 0 Å². The molecule has 2 nitrogen and oxygen atoms in total. The molecule has 0 amide bonds. The van der Waals surface area contributed by atoms with Crippen molar-refractivity contribution < 1.29 is 4.21 Å². The van der Waals surface area contributed by atoms with Crippen LogP contribution >= 0.6 is 0 Å². The average molecular weight is 169 g/mol. The van der Waals surface area contributed by atoms with E-state index in [1.54, 1.807) is 0 Å². The van der Waals surface area contributed by atoms with Crippen LogP contribution in [0.3, 0.4) is 0 Å². The zero-order valence-electron chi connectivity index (χ0n) is 6.36. The second-order valence-corrected chi connectivity index (χ2v) is 3.75. The van der Waals surface area contributed by atoms with Crippen LogP contribution in [0.15, 0.2) is 30.3 Å². The lowest BCUT2D eigenvalue weighted by Gasteiger charge is -2.06. The Labute approximate surface area is 69.0 Å². The first kappa shape index (κ1) is 8.43. The molecule has 0 aliphatic heterocycles. The molecule has 0 fully saturated rings. The lowest BCUT2D eigenvalue weighted by atomic mass is 10.2. The Morgan fingerprint density at radius 3 is 2.36 bits per heavy atom. The summed E-state index contributed by atoms with van der Waals surface area (Å²) in [5.41, 5.74) is 1.02. The van der Waals surface area contributed by atoms with Gasteiger partial charge in [0, 0.05) is 0 Å². The Hall–Kier alpha value is -0.670. The van der Waals surface area contributed by atoms with E-state index in [4.69, 9.17) is 5.14 Å². The van der Waals surface area contributed by atoms with Crippen LogP contribution in [0.5, 0.6) is 0 Å². The minimum Gasteiger partial charge on any atom is -0.251 e. The van der Waals surface area contributed by atoms with Crippen molar-refractivity contribution in [1.82, 2.24) is 0 Å². The third-order valence-electron chi connectivity index (χ3n) is 1.62. The molecular weight excluding hydrogens is 158 g/mol. The normalized spacial score (nSPS) is 15.8. The third kappa shape index (κ3) is 2.13. The number of hydrogen-bond acceptors (Lipinski definition) is 1. The molecular formula is C8H11NOS. The topological polar surface area (TPSA) is 43.1 Å². The molecule has 1 rings (SSSR count). The van der Waals surface area contributed by atoms with Gasteiger partial charge in [-0.25, -0.2) is 4.21 Å². The van der Waals surface area contributed by atoms with E-state index in [1.807, 2.05) is 37.3 Å². The Balaban J connectivity index is 2.85. The molecule has 60 valence electrons. The predicted octanol–water partition coefficient (Wildman–Crippen LogP) is 1.37. The summed E-state index contributed by atoms with van der Waals surface area (Å²) in [6.07, 6.45) is 0. The number of benzene rings is 1. The first-order valence-electron chi connectivity index (χ1n) is 3.41. The smallest absolute Gasteiger partial charge is 0.0962 e. The molecule has 1 aromatic carbocycles. The highest BCUT2D eigenvalue weighted by molar-refractivity contribution is 7.82. The minimum absolute atomic E-state index is 0.0730. The molecule has 2 atom stereocenters. The van der Waals surface area contributed by atoms with Gasteiger partial charge in [0.25, 0.3) is 0 Å². The fourth-order valence-electron chi connectivity index (χ4n) is 0.858. The summed E-state index contributed by atoms with van der Waals surface area (Å²) in [4.78, 5) is 0. The second-order valence-electron chi connectivity index (χ2n) is 2.38. The van der Waals surface area contributed by atoms with Gasteiger partial charge in [-0.1, -0.05) is 30.3 Å². The fraction of sp³-hybridized carbons (Fsp3) is 0.250. The highest BCUT2D eigenvalue weighted by Crippen LogP contribution is 2.15. The monoisotopic (exact) mass is 169 g/mol. The van der Waals surface area contributed by atoms with Crippen molar-refractivity contribution in [2.24, 2.45) is 5.14 Å². The maximum atomic E-state index is 10.8. The van der Waals surface area contributed by atoms with Crippen LogP contribution in [-0.4, -0.2) is 4.21 Å². The maximum absolute atomic E-state index is 10.8. The van der Waals surface area contributed by atoms with Crippen molar-refractivity contribution >= 4 is 11.0 Å². The van der Waals surface area contributed by atoms with Gasteiger partial charge >= 0.3 is 0 Å². The molecule has 0 spiro atoms. The SMILES string of the molecule is C[C@@H](c1ccccc1)[S@@](N)=O. The maximum Gasteiger partial charge on any atom is 0.0962 e. The highest BCUT2D eigenvalue weighted by atomic mass is 32.2. The van der Waals surface area contributed by atoms with Gasteiger partial charge in [-0.15, -0.1) is 0 Å². The molecule has 0 saturated carbocycles. The van der Waals surface area contributed by atoms with E-state index in [-0.39, 0.29) is 5.25 Å². The van der Waals surface area contributed by atoms with Gasteiger partial charge in [0.05, 0.1) is 16.2 Å². The Kier molecular flexibility index (Phi) is 2.79. The van der Waals surface area contributed by atoms with Crippen molar-refractivity contribution in [2.75, 3.05) is 0 Å². The molecule has 1 aromatic rings. The number of hydrogen-bond donors (Lipinski definition) is 1. The number of nitrogens with two attached hydrogens (primary N) is 1. The van der Waals surface area contributed by atoms with Crippen LogP contribution in [0, 0.1) is 0 Å². The quantitative estimate of drug-likeness (QED) is 0.714. The van der Waals surface area contributed by atoms with Crippen molar-refractivity contribution in [3.63, 3.8) is 0 Å². The fourth-order valence-corrected chi connectivity index (χ4v) is 1.28. The van der Waals surface area contributed by atoms with E-state index >= 15 is 0 Å². The van der Waals surface area contributed by atoms with Crippen LogP contribution in [0.25, 0.3) is 0 Å². The molecule has 0 aromatic heterocycles. The summed E-state index contributed by atoms with van der Waals surface area (Å²) < 4.78 is 10.8. The first-order valence-corrected chi connectivity index (χ1v) is 4.69. The predicted molar refractivity (Wildman–Crippen MR) is 47.2 cm³/mol. The minimum atomic E-state index is -1.26. The van der Waals surface area contributed by atoms with Crippen LogP contribution in [0.1, 0.15) is 17.7 Å². The molecule has 0 bridgehead atoms. The van der Waals surface area contributed by atoms with Gasteiger partial charge in [0.1, 0.15) is 0 Å². The van der Waals surface area contributed by atoms with Crippen LogP contribution in [-0.2, 0) is 11.0 Å². The standard InChI is InChI=1S/C8H11NOS/c1-7(11(9)10)8-5-3-2-4-6-8/h2-7H,9H2,1H3/t7-,11-/m0/s1. The summed E-state index contributed by atoms with van der Waals surface area (Å²) in [7, 11) is -1.26. The van der Waals surface area contributed by atoms with Crippen molar-refractivity contribution in [3.05, 3.63) is 35.9 Å². The van der Waals surface area contributed by atoms with E-state index in [2.05, 4.69) is 0 Å². The second kappa shape index (κ2) is 3.64. The number of rotatable bonds is 2. The van der Waals surface area contributed by atoms with Crippen molar-refractivity contribution in [2.45, 2.75) is 12.2 Å². The lowest BCUT2D eigenvalue weighted by molar-refractivity contribution is 0.677. The van der Waals surface area contributed by atoms with E-state index in [1.165, 1.54) is 0 Å². The summed E-state index contributed by atoms with van der Waals surface area (Å²) in [5.74, 6) is 0. The van der Waals surface area contributed by atoms with Gasteiger partial charge < -0.3 is 0 Å². The summed E-state index contributed by atoms with van der Waals surface area (Å²) in [6, 6.07) is 9.61. The summed E-state index contributed by atoms with van der Waals surface area (Å²) in [6.45, 7) is 1.85. The molecule has 11 heavy (non-hydrogen) atoms. The Bertz CT molecular complexity index is 248. The average Bonchev–Trinajstić information content (AvgIpc) is 2.05. The molecule has 0 heterocycles. The molecule has 0 aliphatic rings. The van der Waals surface area contributed by atoms with Crippen molar-refractivity contribution in [3.8, 4) is 0 Å². The molecule has 0 aliphatic carbocycles. The Morgan fingerprint density at radius 1 is 1.36 bits per heavy atom. The highest BCUT2D eigenvalue weighted by Gasteiger charge is 2.07. The van der Waals surface area contributed by atoms with E-state index in [0.29, 0.717) is 0 Å². The largest absolute Gasteiger partial charge is 0.251 e. The zero-order chi connectivity index (χ0) is 8.27. The van der Waals surface area contributed by atoms with Gasteiger partial charge in [-0.3, -0.25) is 5.14 Å². The first-order chi connectivity index (χ1) is 5.22. The van der Waals surface area contributed by atoms with Crippen LogP contribution in [0.4, 0.5) is 0 Å². The van der Waals surface area contributed by atoms with Crippen molar-refractivity contribution in [1.29, 1.82) is 0 Å². The third-order valence-corrected chi connectivity index (χ3v) is 2.59. The Morgan fingerprint density at radius 2 is 1.91 bits per heavy atom. The summed E-state index contributed by atoms with van der Waals surface area (Å²) in [5, 5.41) is 5.17. The molecule has 2 N–H and O–H groups in total. The molecule has 0 radical (unpaired) electrons. The van der Waals surface area contributed by atoms with E-state index in [9.17, 15) is 4.21 Å². The molecule has 0 saturated heterocycles. The lowest BCUT2D eigenvalue weighted by Crippen LogP contribution is -2.10. The van der Waals surface area contributed by atoms with Gasteiger partial charge in [0.2, 0.25) is 0 Å².